The highest BCUT2D eigenvalue weighted by Crippen LogP contribution is 2.13. The highest BCUT2D eigenvalue weighted by atomic mass is 16.6. The van der Waals surface area contributed by atoms with Gasteiger partial charge in [-0.15, -0.1) is 0 Å². The van der Waals surface area contributed by atoms with E-state index in [0.29, 0.717) is 0 Å². The van der Waals surface area contributed by atoms with E-state index in [9.17, 15) is 4.79 Å². The lowest BCUT2D eigenvalue weighted by atomic mass is 10.2. The number of hydrogen-bond donors (Lipinski definition) is 2. The fourth-order valence-electron chi connectivity index (χ4n) is 0.757. The fraction of sp³-hybridized carbons (Fsp3) is 0.800. The highest BCUT2D eigenvalue weighted by Gasteiger charge is 2.32. The summed E-state index contributed by atoms with van der Waals surface area (Å²) in [5, 5.41) is 17.3. The maximum absolute atomic E-state index is 10.3. The van der Waals surface area contributed by atoms with Crippen LogP contribution < -0.4 is 0 Å². The first-order chi connectivity index (χ1) is 4.24. The van der Waals surface area contributed by atoms with E-state index in [1.165, 1.54) is 0 Å². The van der Waals surface area contributed by atoms with Gasteiger partial charge in [0.25, 0.3) is 0 Å². The fourth-order valence-corrected chi connectivity index (χ4v) is 0.757. The number of aliphatic hydroxyl groups is 2. The summed E-state index contributed by atoms with van der Waals surface area (Å²) in [6.45, 7) is -0.299. The van der Waals surface area contributed by atoms with Crippen molar-refractivity contribution in [1.29, 1.82) is 0 Å². The van der Waals surface area contributed by atoms with Crippen LogP contribution in [0.25, 0.3) is 0 Å². The molecule has 0 bridgehead atoms. The van der Waals surface area contributed by atoms with Gasteiger partial charge in [0.15, 0.2) is 6.10 Å². The molecule has 0 aromatic carbocycles. The molecule has 2 atom stereocenters. The second-order valence-electron chi connectivity index (χ2n) is 1.98. The Kier molecular flexibility index (Phi) is 1.68. The smallest absolute Gasteiger partial charge is 0.309 e. The Bertz CT molecular complexity index is 122. The van der Waals surface area contributed by atoms with Gasteiger partial charge in [0.1, 0.15) is 6.10 Å². The van der Waals surface area contributed by atoms with Crippen LogP contribution in [-0.4, -0.2) is 35.0 Å². The number of hydrogen-bond acceptors (Lipinski definition) is 4. The maximum atomic E-state index is 10.3. The zero-order valence-corrected chi connectivity index (χ0v) is 4.78. The first-order valence-electron chi connectivity index (χ1n) is 2.72. The van der Waals surface area contributed by atoms with E-state index in [2.05, 4.69) is 4.74 Å². The summed E-state index contributed by atoms with van der Waals surface area (Å²) in [6.07, 6.45) is -1.51. The topological polar surface area (TPSA) is 66.8 Å². The zero-order chi connectivity index (χ0) is 6.85. The predicted molar refractivity (Wildman–Crippen MR) is 27.6 cm³/mol. The first kappa shape index (κ1) is 6.51. The molecule has 1 heterocycles. The highest BCUT2D eigenvalue weighted by molar-refractivity contribution is 5.72. The summed E-state index contributed by atoms with van der Waals surface area (Å²) >= 11 is 0. The summed E-state index contributed by atoms with van der Waals surface area (Å²) in [5.41, 5.74) is 0. The van der Waals surface area contributed by atoms with Crippen LogP contribution >= 0.6 is 0 Å². The molecular weight excluding hydrogens is 124 g/mol. The van der Waals surface area contributed by atoms with Crippen molar-refractivity contribution in [1.82, 2.24) is 0 Å². The van der Waals surface area contributed by atoms with Crippen LogP contribution in [0.5, 0.6) is 0 Å². The predicted octanol–water partition coefficient (Wildman–Crippen LogP) is -1.34. The molecule has 0 saturated carbocycles. The summed E-state index contributed by atoms with van der Waals surface area (Å²) in [4.78, 5) is 10.3. The third-order valence-corrected chi connectivity index (χ3v) is 1.27. The van der Waals surface area contributed by atoms with Crippen molar-refractivity contribution in [2.75, 3.05) is 6.61 Å². The molecule has 1 aliphatic heterocycles. The molecule has 9 heavy (non-hydrogen) atoms. The van der Waals surface area contributed by atoms with Gasteiger partial charge >= 0.3 is 5.97 Å². The molecule has 0 amide bonds. The molecule has 4 heteroatoms. The average molecular weight is 132 g/mol. The Labute approximate surface area is 52.1 Å². The molecular formula is C5H8O4. The summed E-state index contributed by atoms with van der Waals surface area (Å²) in [5.74, 6) is -0.443. The monoisotopic (exact) mass is 132 g/mol. The largest absolute Gasteiger partial charge is 0.457 e. The van der Waals surface area contributed by atoms with Gasteiger partial charge in [0, 0.05) is 0 Å². The van der Waals surface area contributed by atoms with Crippen molar-refractivity contribution in [2.45, 2.75) is 18.6 Å². The van der Waals surface area contributed by atoms with Gasteiger partial charge in [-0.25, -0.2) is 0 Å². The van der Waals surface area contributed by atoms with Crippen LogP contribution in [0, 0.1) is 0 Å². The molecule has 2 N–H and O–H groups in total. The van der Waals surface area contributed by atoms with Gasteiger partial charge < -0.3 is 14.9 Å². The summed E-state index contributed by atoms with van der Waals surface area (Å²) < 4.78 is 4.48. The van der Waals surface area contributed by atoms with E-state index in [-0.39, 0.29) is 13.0 Å². The van der Waals surface area contributed by atoms with Gasteiger partial charge in [-0.3, -0.25) is 4.79 Å². The van der Waals surface area contributed by atoms with E-state index >= 15 is 0 Å². The van der Waals surface area contributed by atoms with Crippen LogP contribution in [0.1, 0.15) is 6.42 Å². The Morgan fingerprint density at radius 2 is 2.44 bits per heavy atom. The Hall–Kier alpha value is -0.610. The van der Waals surface area contributed by atoms with Crippen LogP contribution in [0.3, 0.4) is 0 Å². The van der Waals surface area contributed by atoms with Gasteiger partial charge in [-0.1, -0.05) is 0 Å². The van der Waals surface area contributed by atoms with Crippen molar-refractivity contribution in [3.05, 3.63) is 0 Å². The molecule has 1 aliphatic rings. The number of carbonyl (C=O) groups excluding carboxylic acids is 1. The Morgan fingerprint density at radius 1 is 1.78 bits per heavy atom. The number of carbonyl (C=O) groups is 1. The van der Waals surface area contributed by atoms with E-state index in [1.807, 2.05) is 0 Å². The van der Waals surface area contributed by atoms with Gasteiger partial charge in [0.2, 0.25) is 0 Å². The lowest BCUT2D eigenvalue weighted by Crippen LogP contribution is -2.24. The molecule has 0 aromatic heterocycles. The number of cyclic esters (lactones) is 1. The molecule has 1 saturated heterocycles. The molecule has 0 radical (unpaired) electrons. The first-order valence-corrected chi connectivity index (χ1v) is 2.72. The van der Waals surface area contributed by atoms with Crippen molar-refractivity contribution >= 4 is 5.97 Å². The minimum atomic E-state index is -0.817. The average Bonchev–Trinajstić information content (AvgIpc) is 2.10. The molecule has 1 fully saturated rings. The van der Waals surface area contributed by atoms with Crippen molar-refractivity contribution in [2.24, 2.45) is 0 Å². The second-order valence-corrected chi connectivity index (χ2v) is 1.98. The van der Waals surface area contributed by atoms with Crippen LogP contribution in [-0.2, 0) is 9.53 Å². The van der Waals surface area contributed by atoms with E-state index in [1.54, 1.807) is 0 Å². The zero-order valence-electron chi connectivity index (χ0n) is 4.78. The second kappa shape index (κ2) is 2.33. The summed E-state index contributed by atoms with van der Waals surface area (Å²) in [7, 11) is 0. The maximum Gasteiger partial charge on any atom is 0.309 e. The van der Waals surface area contributed by atoms with Crippen LogP contribution in [0.4, 0.5) is 0 Å². The SMILES string of the molecule is O=C1C[C@H](O)[C@H](CO)O1. The molecule has 1 rings (SSSR count). The van der Waals surface area contributed by atoms with E-state index < -0.39 is 18.2 Å². The lowest BCUT2D eigenvalue weighted by Gasteiger charge is -2.07. The third-order valence-electron chi connectivity index (χ3n) is 1.27. The van der Waals surface area contributed by atoms with Crippen LogP contribution in [0.2, 0.25) is 0 Å². The Balaban J connectivity index is 2.47. The van der Waals surface area contributed by atoms with Gasteiger partial charge in [-0.05, 0) is 0 Å². The quantitative estimate of drug-likeness (QED) is 0.433. The third kappa shape index (κ3) is 1.20. The molecule has 0 aliphatic carbocycles. The minimum Gasteiger partial charge on any atom is -0.457 e. The van der Waals surface area contributed by atoms with E-state index in [4.69, 9.17) is 10.2 Å². The summed E-state index contributed by atoms with van der Waals surface area (Å²) in [6, 6.07) is 0. The number of ether oxygens (including phenoxy) is 1. The van der Waals surface area contributed by atoms with E-state index in [0.717, 1.165) is 0 Å². The standard InChI is InChI=1S/C5H8O4/c6-2-4-3(7)1-5(8)9-4/h3-4,6-7H,1-2H2/t3-,4-/m0/s1. The normalized spacial score (nSPS) is 34.7. The van der Waals surface area contributed by atoms with Crippen molar-refractivity contribution in [3.8, 4) is 0 Å². The molecule has 0 spiro atoms. The van der Waals surface area contributed by atoms with Gasteiger partial charge in [0.05, 0.1) is 13.0 Å². The Morgan fingerprint density at radius 3 is 2.67 bits per heavy atom. The van der Waals surface area contributed by atoms with Crippen LogP contribution in [0.15, 0.2) is 0 Å². The molecule has 0 aromatic rings. The number of rotatable bonds is 1. The number of esters is 1. The van der Waals surface area contributed by atoms with Crippen molar-refractivity contribution < 1.29 is 19.7 Å². The molecule has 4 nitrogen and oxygen atoms in total. The van der Waals surface area contributed by atoms with Crippen molar-refractivity contribution in [3.63, 3.8) is 0 Å². The molecule has 0 unspecified atom stereocenters. The van der Waals surface area contributed by atoms with Gasteiger partial charge in [-0.2, -0.15) is 0 Å². The molecule has 52 valence electrons. The lowest BCUT2D eigenvalue weighted by molar-refractivity contribution is -0.143. The number of aliphatic hydroxyl groups excluding tert-OH is 2. The minimum absolute atomic E-state index is 0.00519.